The summed E-state index contributed by atoms with van der Waals surface area (Å²) in [5.41, 5.74) is 0.811. The number of aliphatic carboxylic acids is 1. The van der Waals surface area contributed by atoms with Gasteiger partial charge in [0.15, 0.2) is 0 Å². The first kappa shape index (κ1) is 15.0. The average Bonchev–Trinajstić information content (AvgIpc) is 2.49. The molecule has 0 aromatic heterocycles. The van der Waals surface area contributed by atoms with Crippen LogP contribution in [0, 0.1) is 0 Å². The summed E-state index contributed by atoms with van der Waals surface area (Å²) in [6.45, 7) is 5.13. The standard InChI is InChI=1S/C16H24N2O2/c1-13(18-10-6-3-7-11-18)12-17-15(16(19)20)14-8-4-2-5-9-14/h2,4-5,8-9,13,15,17H,3,6-7,10-12H2,1H3,(H,19,20). The molecule has 1 heterocycles. The molecule has 2 unspecified atom stereocenters. The van der Waals surface area contributed by atoms with Gasteiger partial charge in [-0.3, -0.25) is 15.0 Å². The molecule has 1 aromatic rings. The van der Waals surface area contributed by atoms with Crippen molar-refractivity contribution in [2.75, 3.05) is 19.6 Å². The Balaban J connectivity index is 1.90. The van der Waals surface area contributed by atoms with Crippen LogP contribution in [0.5, 0.6) is 0 Å². The zero-order valence-corrected chi connectivity index (χ0v) is 12.1. The Labute approximate surface area is 120 Å². The lowest BCUT2D eigenvalue weighted by Gasteiger charge is -2.33. The summed E-state index contributed by atoms with van der Waals surface area (Å²) >= 11 is 0. The van der Waals surface area contributed by atoms with Gasteiger partial charge in [-0.25, -0.2) is 0 Å². The van der Waals surface area contributed by atoms with Crippen LogP contribution in [0.1, 0.15) is 37.8 Å². The maximum absolute atomic E-state index is 11.4. The zero-order valence-electron chi connectivity index (χ0n) is 12.1. The fraction of sp³-hybridized carbons (Fsp3) is 0.562. The van der Waals surface area contributed by atoms with Crippen LogP contribution in [-0.2, 0) is 4.79 Å². The number of piperidine rings is 1. The Hall–Kier alpha value is -1.39. The number of carboxylic acid groups (broad SMARTS) is 1. The minimum atomic E-state index is -0.818. The largest absolute Gasteiger partial charge is 0.480 e. The van der Waals surface area contributed by atoms with Crippen LogP contribution in [0.2, 0.25) is 0 Å². The van der Waals surface area contributed by atoms with E-state index in [1.165, 1.54) is 19.3 Å². The van der Waals surface area contributed by atoms with Gasteiger partial charge in [0.1, 0.15) is 6.04 Å². The Kier molecular flexibility index (Phi) is 5.56. The number of carboxylic acids is 1. The summed E-state index contributed by atoms with van der Waals surface area (Å²) in [6, 6.07) is 9.12. The Morgan fingerprint density at radius 1 is 1.25 bits per heavy atom. The lowest BCUT2D eigenvalue weighted by molar-refractivity contribution is -0.139. The maximum Gasteiger partial charge on any atom is 0.325 e. The van der Waals surface area contributed by atoms with Crippen LogP contribution >= 0.6 is 0 Å². The van der Waals surface area contributed by atoms with Crippen molar-refractivity contribution in [3.05, 3.63) is 35.9 Å². The van der Waals surface area contributed by atoms with Crippen molar-refractivity contribution >= 4 is 5.97 Å². The predicted molar refractivity (Wildman–Crippen MR) is 79.7 cm³/mol. The van der Waals surface area contributed by atoms with Gasteiger partial charge >= 0.3 is 5.97 Å². The first-order chi connectivity index (χ1) is 9.68. The molecule has 1 fully saturated rings. The first-order valence-corrected chi connectivity index (χ1v) is 7.43. The van der Waals surface area contributed by atoms with Gasteiger partial charge in [0.05, 0.1) is 0 Å². The topological polar surface area (TPSA) is 52.6 Å². The van der Waals surface area contributed by atoms with Crippen molar-refractivity contribution in [2.24, 2.45) is 0 Å². The third-order valence-corrected chi connectivity index (χ3v) is 4.01. The number of hydrogen-bond donors (Lipinski definition) is 2. The van der Waals surface area contributed by atoms with Crippen LogP contribution in [0.4, 0.5) is 0 Å². The minimum absolute atomic E-state index is 0.376. The molecule has 0 radical (unpaired) electrons. The fourth-order valence-electron chi connectivity index (χ4n) is 2.77. The zero-order chi connectivity index (χ0) is 14.4. The molecule has 0 amide bonds. The van der Waals surface area contributed by atoms with Crippen molar-refractivity contribution in [1.29, 1.82) is 0 Å². The van der Waals surface area contributed by atoms with Gasteiger partial charge in [-0.05, 0) is 38.4 Å². The molecule has 110 valence electrons. The molecule has 1 saturated heterocycles. The van der Waals surface area contributed by atoms with E-state index in [9.17, 15) is 9.90 Å². The summed E-state index contributed by atoms with van der Waals surface area (Å²) in [7, 11) is 0. The molecule has 2 atom stereocenters. The van der Waals surface area contributed by atoms with E-state index < -0.39 is 12.0 Å². The highest BCUT2D eigenvalue weighted by Crippen LogP contribution is 2.15. The van der Waals surface area contributed by atoms with Gasteiger partial charge in [0.2, 0.25) is 0 Å². The van der Waals surface area contributed by atoms with Crippen molar-refractivity contribution in [3.8, 4) is 0 Å². The fourth-order valence-corrected chi connectivity index (χ4v) is 2.77. The number of likely N-dealkylation sites (tertiary alicyclic amines) is 1. The van der Waals surface area contributed by atoms with Crippen LogP contribution in [0.3, 0.4) is 0 Å². The molecule has 4 heteroatoms. The monoisotopic (exact) mass is 276 g/mol. The predicted octanol–water partition coefficient (Wildman–Crippen LogP) is 2.28. The molecule has 1 aliphatic heterocycles. The third kappa shape index (κ3) is 4.05. The van der Waals surface area contributed by atoms with Gasteiger partial charge in [0.25, 0.3) is 0 Å². The van der Waals surface area contributed by atoms with E-state index in [0.29, 0.717) is 12.6 Å². The van der Waals surface area contributed by atoms with E-state index in [1.54, 1.807) is 0 Å². The van der Waals surface area contributed by atoms with Gasteiger partial charge in [0, 0.05) is 12.6 Å². The van der Waals surface area contributed by atoms with Crippen molar-refractivity contribution < 1.29 is 9.90 Å². The minimum Gasteiger partial charge on any atom is -0.480 e. The van der Waals surface area contributed by atoms with Gasteiger partial charge in [-0.15, -0.1) is 0 Å². The van der Waals surface area contributed by atoms with Crippen molar-refractivity contribution in [2.45, 2.75) is 38.3 Å². The van der Waals surface area contributed by atoms with E-state index in [0.717, 1.165) is 18.7 Å². The number of hydrogen-bond acceptors (Lipinski definition) is 3. The molecule has 4 nitrogen and oxygen atoms in total. The quantitative estimate of drug-likeness (QED) is 0.837. The smallest absolute Gasteiger partial charge is 0.325 e. The highest BCUT2D eigenvalue weighted by molar-refractivity contribution is 5.75. The Morgan fingerprint density at radius 3 is 2.50 bits per heavy atom. The average molecular weight is 276 g/mol. The summed E-state index contributed by atoms with van der Waals surface area (Å²) in [5.74, 6) is -0.818. The normalized spacial score (nSPS) is 19.4. The van der Waals surface area contributed by atoms with E-state index in [2.05, 4.69) is 17.1 Å². The second kappa shape index (κ2) is 7.41. The molecule has 0 bridgehead atoms. The molecular formula is C16H24N2O2. The molecule has 0 spiro atoms. The number of carbonyl (C=O) groups is 1. The molecule has 0 aliphatic carbocycles. The molecule has 2 rings (SSSR count). The molecule has 20 heavy (non-hydrogen) atoms. The summed E-state index contributed by atoms with van der Waals surface area (Å²) in [6.07, 6.45) is 3.83. The summed E-state index contributed by atoms with van der Waals surface area (Å²) in [4.78, 5) is 13.9. The SMILES string of the molecule is CC(CNC(C(=O)O)c1ccccc1)N1CCCCC1. The van der Waals surface area contributed by atoms with Gasteiger partial charge < -0.3 is 5.11 Å². The second-order valence-corrected chi connectivity index (χ2v) is 5.54. The Morgan fingerprint density at radius 2 is 1.90 bits per heavy atom. The molecule has 2 N–H and O–H groups in total. The van der Waals surface area contributed by atoms with Crippen LogP contribution in [-0.4, -0.2) is 41.7 Å². The number of nitrogens with zero attached hydrogens (tertiary/aromatic N) is 1. The van der Waals surface area contributed by atoms with Gasteiger partial charge in [-0.2, -0.15) is 0 Å². The second-order valence-electron chi connectivity index (χ2n) is 5.54. The van der Waals surface area contributed by atoms with Crippen LogP contribution in [0.15, 0.2) is 30.3 Å². The van der Waals surface area contributed by atoms with E-state index in [-0.39, 0.29) is 0 Å². The van der Waals surface area contributed by atoms with Crippen molar-refractivity contribution in [3.63, 3.8) is 0 Å². The van der Waals surface area contributed by atoms with Gasteiger partial charge in [-0.1, -0.05) is 36.8 Å². The molecule has 1 aromatic carbocycles. The number of rotatable bonds is 6. The number of benzene rings is 1. The van der Waals surface area contributed by atoms with E-state index >= 15 is 0 Å². The molecule has 1 aliphatic rings. The first-order valence-electron chi connectivity index (χ1n) is 7.43. The Bertz CT molecular complexity index is 416. The maximum atomic E-state index is 11.4. The lowest BCUT2D eigenvalue weighted by atomic mass is 10.1. The van der Waals surface area contributed by atoms with E-state index in [4.69, 9.17) is 0 Å². The van der Waals surface area contributed by atoms with Crippen LogP contribution < -0.4 is 5.32 Å². The highest BCUT2D eigenvalue weighted by Gasteiger charge is 2.22. The molecule has 0 saturated carbocycles. The van der Waals surface area contributed by atoms with Crippen LogP contribution in [0.25, 0.3) is 0 Å². The lowest BCUT2D eigenvalue weighted by Crippen LogP contribution is -2.44. The third-order valence-electron chi connectivity index (χ3n) is 4.01. The summed E-state index contributed by atoms with van der Waals surface area (Å²) in [5, 5.41) is 12.6. The molecular weight excluding hydrogens is 252 g/mol. The summed E-state index contributed by atoms with van der Waals surface area (Å²) < 4.78 is 0. The van der Waals surface area contributed by atoms with E-state index in [1.807, 2.05) is 30.3 Å². The van der Waals surface area contributed by atoms with Crippen molar-refractivity contribution in [1.82, 2.24) is 10.2 Å². The highest BCUT2D eigenvalue weighted by atomic mass is 16.4. The number of nitrogens with one attached hydrogen (secondary N) is 1.